The molecule has 2 rings (SSSR count). The summed E-state index contributed by atoms with van der Waals surface area (Å²) < 4.78 is 0.903. The molecule has 1 unspecified atom stereocenters. The zero-order valence-electron chi connectivity index (χ0n) is 11.6. The average Bonchev–Trinajstić information content (AvgIpc) is 2.54. The van der Waals surface area contributed by atoms with Crippen molar-refractivity contribution < 1.29 is 9.59 Å². The molecule has 20 heavy (non-hydrogen) atoms. The third-order valence-electron chi connectivity index (χ3n) is 3.31. The lowest BCUT2D eigenvalue weighted by atomic mass is 10.0. The molecule has 108 valence electrons. The molecule has 2 amide bonds. The molecule has 1 aromatic heterocycles. The summed E-state index contributed by atoms with van der Waals surface area (Å²) in [6, 6.07) is 3.33. The van der Waals surface area contributed by atoms with Crippen LogP contribution in [0.2, 0.25) is 0 Å². The zero-order valence-corrected chi connectivity index (χ0v) is 13.2. The minimum atomic E-state index is -0.444. The van der Waals surface area contributed by atoms with Gasteiger partial charge < -0.3 is 10.2 Å². The van der Waals surface area contributed by atoms with Gasteiger partial charge in [-0.05, 0) is 34.0 Å². The van der Waals surface area contributed by atoms with Gasteiger partial charge in [-0.15, -0.1) is 0 Å². The monoisotopic (exact) mass is 339 g/mol. The fourth-order valence-corrected chi connectivity index (χ4v) is 2.39. The van der Waals surface area contributed by atoms with Crippen LogP contribution in [0.15, 0.2) is 22.8 Å². The number of halogens is 1. The van der Waals surface area contributed by atoms with Crippen LogP contribution < -0.4 is 5.32 Å². The van der Waals surface area contributed by atoms with E-state index < -0.39 is 6.04 Å². The topological polar surface area (TPSA) is 62.3 Å². The molecule has 1 atom stereocenters. The SMILES string of the molecule is CC(C)C1NC(=O)CCN(Cc2ccc(Br)cn2)C1=O. The van der Waals surface area contributed by atoms with Gasteiger partial charge in [0, 0.05) is 23.6 Å². The summed E-state index contributed by atoms with van der Waals surface area (Å²) in [5, 5.41) is 2.79. The van der Waals surface area contributed by atoms with Gasteiger partial charge in [-0.25, -0.2) is 0 Å². The van der Waals surface area contributed by atoms with E-state index in [-0.39, 0.29) is 17.7 Å². The van der Waals surface area contributed by atoms with Crippen molar-refractivity contribution >= 4 is 27.7 Å². The van der Waals surface area contributed by atoms with E-state index in [1.807, 2.05) is 26.0 Å². The van der Waals surface area contributed by atoms with Crippen LogP contribution in [0.25, 0.3) is 0 Å². The van der Waals surface area contributed by atoms with Crippen molar-refractivity contribution in [2.45, 2.75) is 32.9 Å². The minimum Gasteiger partial charge on any atom is -0.344 e. The largest absolute Gasteiger partial charge is 0.344 e. The number of rotatable bonds is 3. The number of hydrogen-bond donors (Lipinski definition) is 1. The molecule has 5 nitrogen and oxygen atoms in total. The van der Waals surface area contributed by atoms with Crippen LogP contribution in [0.1, 0.15) is 26.0 Å². The number of nitrogens with one attached hydrogen (secondary N) is 1. The lowest BCUT2D eigenvalue weighted by Crippen LogP contribution is -2.47. The van der Waals surface area contributed by atoms with Crippen LogP contribution in [-0.4, -0.2) is 34.3 Å². The second-order valence-electron chi connectivity index (χ2n) is 5.27. The van der Waals surface area contributed by atoms with E-state index in [0.717, 1.165) is 10.2 Å². The highest BCUT2D eigenvalue weighted by molar-refractivity contribution is 9.10. The van der Waals surface area contributed by atoms with Crippen molar-refractivity contribution in [1.29, 1.82) is 0 Å². The first kappa shape index (κ1) is 15.0. The van der Waals surface area contributed by atoms with Gasteiger partial charge in [0.2, 0.25) is 11.8 Å². The van der Waals surface area contributed by atoms with E-state index in [4.69, 9.17) is 0 Å². The van der Waals surface area contributed by atoms with Crippen LogP contribution in [0.4, 0.5) is 0 Å². The van der Waals surface area contributed by atoms with E-state index in [2.05, 4.69) is 26.2 Å². The summed E-state index contributed by atoms with van der Waals surface area (Å²) in [6.07, 6.45) is 2.05. The minimum absolute atomic E-state index is 0.0319. The highest BCUT2D eigenvalue weighted by Crippen LogP contribution is 2.14. The predicted octanol–water partition coefficient (Wildman–Crippen LogP) is 1.72. The Labute approximate surface area is 126 Å². The van der Waals surface area contributed by atoms with Crippen molar-refractivity contribution in [3.63, 3.8) is 0 Å². The molecular formula is C14H18BrN3O2. The molecule has 0 aliphatic carbocycles. The molecule has 1 N–H and O–H groups in total. The first-order valence-electron chi connectivity index (χ1n) is 6.66. The molecule has 1 aromatic rings. The molecule has 0 spiro atoms. The second kappa shape index (κ2) is 6.35. The number of amides is 2. The number of carbonyl (C=O) groups excluding carboxylic acids is 2. The van der Waals surface area contributed by atoms with Gasteiger partial charge in [-0.3, -0.25) is 14.6 Å². The predicted molar refractivity (Wildman–Crippen MR) is 78.7 cm³/mol. The highest BCUT2D eigenvalue weighted by Gasteiger charge is 2.31. The molecular weight excluding hydrogens is 322 g/mol. The Hall–Kier alpha value is -1.43. The van der Waals surface area contributed by atoms with Gasteiger partial charge in [0.25, 0.3) is 0 Å². The van der Waals surface area contributed by atoms with Gasteiger partial charge >= 0.3 is 0 Å². The van der Waals surface area contributed by atoms with Crippen LogP contribution in [0.3, 0.4) is 0 Å². The Kier molecular flexibility index (Phi) is 4.75. The lowest BCUT2D eigenvalue weighted by Gasteiger charge is -2.25. The number of carbonyl (C=O) groups is 2. The van der Waals surface area contributed by atoms with E-state index in [9.17, 15) is 9.59 Å². The van der Waals surface area contributed by atoms with Gasteiger partial charge in [0.1, 0.15) is 6.04 Å². The molecule has 0 aromatic carbocycles. The number of aromatic nitrogens is 1. The summed E-state index contributed by atoms with van der Waals surface area (Å²) in [6.45, 7) is 4.74. The molecule has 0 saturated carbocycles. The molecule has 1 aliphatic rings. The Balaban J connectivity index is 2.14. The van der Waals surface area contributed by atoms with Crippen LogP contribution in [0.5, 0.6) is 0 Å². The van der Waals surface area contributed by atoms with E-state index in [0.29, 0.717) is 19.5 Å². The third kappa shape index (κ3) is 3.56. The Morgan fingerprint density at radius 3 is 2.80 bits per heavy atom. The molecule has 0 bridgehead atoms. The lowest BCUT2D eigenvalue weighted by molar-refractivity contribution is -0.135. The molecule has 2 heterocycles. The Bertz CT molecular complexity index is 502. The summed E-state index contributed by atoms with van der Waals surface area (Å²) >= 11 is 3.33. The van der Waals surface area contributed by atoms with E-state index >= 15 is 0 Å². The summed E-state index contributed by atoms with van der Waals surface area (Å²) in [5.41, 5.74) is 0.818. The van der Waals surface area contributed by atoms with E-state index in [1.165, 1.54) is 0 Å². The van der Waals surface area contributed by atoms with Gasteiger partial charge in [-0.2, -0.15) is 0 Å². The van der Waals surface area contributed by atoms with Crippen LogP contribution in [0, 0.1) is 5.92 Å². The summed E-state index contributed by atoms with van der Waals surface area (Å²) in [4.78, 5) is 30.1. The Morgan fingerprint density at radius 1 is 1.45 bits per heavy atom. The number of pyridine rings is 1. The maximum absolute atomic E-state index is 12.5. The second-order valence-corrected chi connectivity index (χ2v) is 6.18. The highest BCUT2D eigenvalue weighted by atomic mass is 79.9. The number of nitrogens with zero attached hydrogens (tertiary/aromatic N) is 2. The fraction of sp³-hybridized carbons (Fsp3) is 0.500. The summed E-state index contributed by atoms with van der Waals surface area (Å²) in [5.74, 6) is -0.0242. The van der Waals surface area contributed by atoms with Gasteiger partial charge in [-0.1, -0.05) is 13.8 Å². The standard InChI is InChI=1S/C14H18BrN3O2/c1-9(2)13-14(20)18(6-5-12(19)17-13)8-11-4-3-10(15)7-16-11/h3-4,7,9,13H,5-6,8H2,1-2H3,(H,17,19). The normalized spacial score (nSPS) is 20.0. The summed E-state index contributed by atoms with van der Waals surface area (Å²) in [7, 11) is 0. The maximum atomic E-state index is 12.5. The first-order chi connectivity index (χ1) is 9.47. The smallest absolute Gasteiger partial charge is 0.245 e. The van der Waals surface area contributed by atoms with Gasteiger partial charge in [0.05, 0.1) is 12.2 Å². The number of hydrogen-bond acceptors (Lipinski definition) is 3. The quantitative estimate of drug-likeness (QED) is 0.911. The third-order valence-corrected chi connectivity index (χ3v) is 3.78. The van der Waals surface area contributed by atoms with Crippen molar-refractivity contribution in [3.05, 3.63) is 28.5 Å². The molecule has 6 heteroatoms. The molecule has 1 fully saturated rings. The average molecular weight is 340 g/mol. The Morgan fingerprint density at radius 2 is 2.20 bits per heavy atom. The molecule has 0 radical (unpaired) electrons. The van der Waals surface area contributed by atoms with Crippen LogP contribution >= 0.6 is 15.9 Å². The molecule has 1 aliphatic heterocycles. The van der Waals surface area contributed by atoms with E-state index in [1.54, 1.807) is 11.1 Å². The van der Waals surface area contributed by atoms with Gasteiger partial charge in [0.15, 0.2) is 0 Å². The maximum Gasteiger partial charge on any atom is 0.245 e. The molecule has 1 saturated heterocycles. The van der Waals surface area contributed by atoms with Crippen molar-refractivity contribution in [1.82, 2.24) is 15.2 Å². The van der Waals surface area contributed by atoms with Crippen LogP contribution in [-0.2, 0) is 16.1 Å². The van der Waals surface area contributed by atoms with Crippen molar-refractivity contribution in [2.75, 3.05) is 6.54 Å². The fourth-order valence-electron chi connectivity index (χ4n) is 2.16. The zero-order chi connectivity index (χ0) is 14.7. The van der Waals surface area contributed by atoms with Crippen molar-refractivity contribution in [3.8, 4) is 0 Å². The first-order valence-corrected chi connectivity index (χ1v) is 7.45. The van der Waals surface area contributed by atoms with Crippen molar-refractivity contribution in [2.24, 2.45) is 5.92 Å².